The Kier molecular flexibility index (Phi) is 6.16. The monoisotopic (exact) mass is 334 g/mol. The van der Waals surface area contributed by atoms with Gasteiger partial charge in [-0.2, -0.15) is 9.97 Å². The molecule has 1 heterocycles. The van der Waals surface area contributed by atoms with E-state index in [1.165, 1.54) is 0 Å². The van der Waals surface area contributed by atoms with Gasteiger partial charge in [-0.1, -0.05) is 38.4 Å². The zero-order valence-electron chi connectivity index (χ0n) is 14.0. The van der Waals surface area contributed by atoms with E-state index in [9.17, 15) is 0 Å². The molecule has 2 rings (SSSR count). The maximum absolute atomic E-state index is 5.97. The Bertz CT molecular complexity index is 648. The first-order valence-corrected chi connectivity index (χ1v) is 8.23. The van der Waals surface area contributed by atoms with Crippen LogP contribution in [0, 0.1) is 6.92 Å². The van der Waals surface area contributed by atoms with Crippen LogP contribution in [0.1, 0.15) is 44.8 Å². The predicted molar refractivity (Wildman–Crippen MR) is 93.3 cm³/mol. The number of benzene rings is 1. The van der Waals surface area contributed by atoms with Crippen molar-refractivity contribution in [2.75, 3.05) is 11.9 Å². The molecule has 2 aromatic rings. The highest BCUT2D eigenvalue weighted by molar-refractivity contribution is 6.30. The normalized spacial score (nSPS) is 12.3. The largest absolute Gasteiger partial charge is 0.491 e. The van der Waals surface area contributed by atoms with Crippen LogP contribution in [-0.4, -0.2) is 27.6 Å². The average Bonchev–Trinajstić information content (AvgIpc) is 2.51. The summed E-state index contributed by atoms with van der Waals surface area (Å²) >= 11 is 5.97. The van der Waals surface area contributed by atoms with Crippen LogP contribution in [0.2, 0.25) is 5.02 Å². The van der Waals surface area contributed by atoms with Crippen LogP contribution in [0.15, 0.2) is 24.3 Å². The van der Waals surface area contributed by atoms with Gasteiger partial charge >= 0.3 is 0 Å². The maximum atomic E-state index is 5.97. The van der Waals surface area contributed by atoms with Crippen LogP contribution in [0.4, 0.5) is 5.95 Å². The number of ether oxygens (including phenoxy) is 1. The predicted octanol–water partition coefficient (Wildman–Crippen LogP) is 4.23. The van der Waals surface area contributed by atoms with E-state index >= 15 is 0 Å². The Morgan fingerprint density at radius 1 is 1.22 bits per heavy atom. The van der Waals surface area contributed by atoms with Gasteiger partial charge in [0.15, 0.2) is 0 Å². The molecule has 1 atom stereocenters. The number of halogens is 1. The van der Waals surface area contributed by atoms with Gasteiger partial charge in [0.25, 0.3) is 0 Å². The van der Waals surface area contributed by atoms with Crippen molar-refractivity contribution in [3.63, 3.8) is 0 Å². The third kappa shape index (κ3) is 5.36. The lowest BCUT2D eigenvalue weighted by atomic mass is 10.2. The fourth-order valence-electron chi connectivity index (χ4n) is 2.02. The van der Waals surface area contributed by atoms with Crippen LogP contribution < -0.4 is 10.1 Å². The third-order valence-electron chi connectivity index (χ3n) is 3.35. The van der Waals surface area contributed by atoms with Crippen molar-refractivity contribution in [1.29, 1.82) is 0 Å². The van der Waals surface area contributed by atoms with Crippen molar-refractivity contribution in [2.45, 2.75) is 46.1 Å². The average molecular weight is 335 g/mol. The summed E-state index contributed by atoms with van der Waals surface area (Å²) in [5.41, 5.74) is 0. The molecule has 0 fully saturated rings. The van der Waals surface area contributed by atoms with E-state index in [-0.39, 0.29) is 12.0 Å². The number of hydrogen-bond donors (Lipinski definition) is 1. The topological polar surface area (TPSA) is 59.9 Å². The van der Waals surface area contributed by atoms with Gasteiger partial charge < -0.3 is 10.1 Å². The van der Waals surface area contributed by atoms with Gasteiger partial charge in [0.2, 0.25) is 5.95 Å². The minimum atomic E-state index is 0.107. The molecule has 0 aliphatic carbocycles. The first kappa shape index (κ1) is 17.5. The summed E-state index contributed by atoms with van der Waals surface area (Å²) in [5.74, 6) is 3.14. The molecule has 0 aliphatic heterocycles. The molecule has 0 spiro atoms. The fraction of sp³-hybridized carbons (Fsp3) is 0.471. The van der Waals surface area contributed by atoms with Crippen molar-refractivity contribution in [3.8, 4) is 5.75 Å². The highest BCUT2D eigenvalue weighted by Crippen LogP contribution is 2.18. The number of rotatable bonds is 7. The summed E-state index contributed by atoms with van der Waals surface area (Å²) in [6.07, 6.45) is 0.891. The van der Waals surface area contributed by atoms with Gasteiger partial charge in [-0.3, -0.25) is 0 Å². The van der Waals surface area contributed by atoms with Crippen LogP contribution >= 0.6 is 11.6 Å². The smallest absolute Gasteiger partial charge is 0.226 e. The second-order valence-corrected chi connectivity index (χ2v) is 6.17. The molecule has 23 heavy (non-hydrogen) atoms. The Morgan fingerprint density at radius 2 is 2.00 bits per heavy atom. The summed E-state index contributed by atoms with van der Waals surface area (Å²) in [4.78, 5) is 13.2. The summed E-state index contributed by atoms with van der Waals surface area (Å²) < 4.78 is 5.80. The Labute approximate surface area is 142 Å². The molecular weight excluding hydrogens is 312 g/mol. The molecule has 1 aromatic carbocycles. The van der Waals surface area contributed by atoms with E-state index < -0.39 is 0 Å². The van der Waals surface area contributed by atoms with E-state index in [4.69, 9.17) is 16.3 Å². The molecule has 0 radical (unpaired) electrons. The fourth-order valence-corrected chi connectivity index (χ4v) is 2.20. The second kappa shape index (κ2) is 8.11. The molecule has 0 saturated heterocycles. The van der Waals surface area contributed by atoms with Crippen molar-refractivity contribution in [3.05, 3.63) is 40.9 Å². The van der Waals surface area contributed by atoms with Crippen LogP contribution in [-0.2, 0) is 0 Å². The number of aryl methyl sites for hydroxylation is 1. The second-order valence-electron chi connectivity index (χ2n) is 5.74. The van der Waals surface area contributed by atoms with Gasteiger partial charge in [0.1, 0.15) is 24.0 Å². The van der Waals surface area contributed by atoms with E-state index in [1.807, 2.05) is 25.1 Å². The lowest BCUT2D eigenvalue weighted by Crippen LogP contribution is -2.28. The minimum Gasteiger partial charge on any atom is -0.491 e. The molecule has 1 N–H and O–H groups in total. The van der Waals surface area contributed by atoms with Gasteiger partial charge in [0, 0.05) is 10.9 Å². The molecule has 0 aliphatic rings. The molecule has 1 unspecified atom stereocenters. The van der Waals surface area contributed by atoms with Crippen molar-refractivity contribution in [1.82, 2.24) is 15.0 Å². The molecule has 0 saturated carbocycles. The number of nitrogens with one attached hydrogen (secondary N) is 1. The Hall–Kier alpha value is -1.88. The van der Waals surface area contributed by atoms with Gasteiger partial charge in [-0.05, 0) is 31.5 Å². The van der Waals surface area contributed by atoms with Gasteiger partial charge in [0.05, 0.1) is 6.04 Å². The third-order valence-corrected chi connectivity index (χ3v) is 3.59. The summed E-state index contributed by atoms with van der Waals surface area (Å²) in [6.45, 7) is 8.62. The zero-order chi connectivity index (χ0) is 16.8. The number of hydrogen-bond acceptors (Lipinski definition) is 5. The zero-order valence-corrected chi connectivity index (χ0v) is 14.8. The molecule has 0 amide bonds. The first-order chi connectivity index (χ1) is 11.0. The van der Waals surface area contributed by atoms with Gasteiger partial charge in [-0.25, -0.2) is 4.98 Å². The van der Waals surface area contributed by atoms with Gasteiger partial charge in [-0.15, -0.1) is 0 Å². The van der Waals surface area contributed by atoms with Crippen molar-refractivity contribution >= 4 is 17.5 Å². The number of anilines is 1. The first-order valence-electron chi connectivity index (χ1n) is 7.85. The molecule has 1 aromatic heterocycles. The molecule has 6 heteroatoms. The van der Waals surface area contributed by atoms with E-state index in [1.54, 1.807) is 6.07 Å². The highest BCUT2D eigenvalue weighted by atomic mass is 35.5. The van der Waals surface area contributed by atoms with Crippen LogP contribution in [0.5, 0.6) is 5.75 Å². The van der Waals surface area contributed by atoms with E-state index in [0.29, 0.717) is 17.6 Å². The highest BCUT2D eigenvalue weighted by Gasteiger charge is 2.12. The summed E-state index contributed by atoms with van der Waals surface area (Å²) in [7, 11) is 0. The summed E-state index contributed by atoms with van der Waals surface area (Å²) in [6, 6.07) is 7.50. The van der Waals surface area contributed by atoms with E-state index in [2.05, 4.69) is 41.0 Å². The van der Waals surface area contributed by atoms with Crippen molar-refractivity contribution < 1.29 is 4.74 Å². The number of nitrogens with zero attached hydrogens (tertiary/aromatic N) is 3. The SMILES string of the molecule is CCC(COc1cccc(Cl)c1)Nc1nc(C)nc(C(C)C)n1. The van der Waals surface area contributed by atoms with Crippen LogP contribution in [0.25, 0.3) is 0 Å². The lowest BCUT2D eigenvalue weighted by molar-refractivity contribution is 0.293. The van der Waals surface area contributed by atoms with Crippen LogP contribution in [0.3, 0.4) is 0 Å². The van der Waals surface area contributed by atoms with E-state index in [0.717, 1.165) is 23.8 Å². The molecule has 5 nitrogen and oxygen atoms in total. The standard InChI is InChI=1S/C17H23ClN4O/c1-5-14(10-23-15-8-6-7-13(18)9-15)21-17-20-12(4)19-16(22-17)11(2)3/h6-9,11,14H,5,10H2,1-4H3,(H,19,20,21,22). The lowest BCUT2D eigenvalue weighted by Gasteiger charge is -2.18. The Balaban J connectivity index is 2.02. The van der Waals surface area contributed by atoms with Crippen molar-refractivity contribution in [2.24, 2.45) is 0 Å². The molecule has 124 valence electrons. The molecular formula is C17H23ClN4O. The molecule has 0 bridgehead atoms. The maximum Gasteiger partial charge on any atom is 0.226 e. The summed E-state index contributed by atoms with van der Waals surface area (Å²) in [5, 5.41) is 3.99. The quantitative estimate of drug-likeness (QED) is 0.821. The Morgan fingerprint density at radius 3 is 2.65 bits per heavy atom. The number of aromatic nitrogens is 3. The minimum absolute atomic E-state index is 0.107.